The fraction of sp³-hybridized carbons (Fsp3) is 0.500. The van der Waals surface area contributed by atoms with E-state index in [1.807, 2.05) is 0 Å². The number of amides is 2. The summed E-state index contributed by atoms with van der Waals surface area (Å²) in [6, 6.07) is 4.78. The number of nitrogens with one attached hydrogen (secondary N) is 1. The topological polar surface area (TPSA) is 61.8 Å². The zero-order chi connectivity index (χ0) is 15.2. The summed E-state index contributed by atoms with van der Waals surface area (Å²) in [7, 11) is 0. The number of nitrogens with zero attached hydrogens (tertiary/aromatic N) is 1. The molecule has 1 heterocycles. The summed E-state index contributed by atoms with van der Waals surface area (Å²) < 4.78 is 31.4. The monoisotopic (exact) mass is 300 g/mol. The highest BCUT2D eigenvalue weighted by Crippen LogP contribution is 2.19. The number of alkyl halides is 1. The quantitative estimate of drug-likeness (QED) is 0.806. The van der Waals surface area contributed by atoms with E-state index in [0.717, 1.165) is 0 Å². The lowest BCUT2D eigenvalue weighted by Crippen LogP contribution is -2.45. The fourth-order valence-electron chi connectivity index (χ4n) is 2.27. The van der Waals surface area contributed by atoms with Gasteiger partial charge in [0.05, 0.1) is 25.7 Å². The number of rotatable bonds is 5. The van der Waals surface area contributed by atoms with Crippen molar-refractivity contribution in [3.05, 3.63) is 30.1 Å². The van der Waals surface area contributed by atoms with Crippen molar-refractivity contribution in [2.75, 3.05) is 26.3 Å². The van der Waals surface area contributed by atoms with E-state index < -0.39 is 24.1 Å². The zero-order valence-corrected chi connectivity index (χ0v) is 11.5. The Morgan fingerprint density at radius 3 is 3.05 bits per heavy atom. The third-order valence-electron chi connectivity index (χ3n) is 3.28. The minimum Gasteiger partial charge on any atom is -0.492 e. The van der Waals surface area contributed by atoms with Gasteiger partial charge >= 0.3 is 6.03 Å². The predicted octanol–water partition coefficient (Wildman–Crippen LogP) is 1.32. The van der Waals surface area contributed by atoms with Crippen molar-refractivity contribution in [3.8, 4) is 5.75 Å². The Hall–Kier alpha value is -1.89. The summed E-state index contributed by atoms with van der Waals surface area (Å²) >= 11 is 0. The van der Waals surface area contributed by atoms with E-state index in [1.54, 1.807) is 6.07 Å². The van der Waals surface area contributed by atoms with Crippen LogP contribution in [0.5, 0.6) is 5.75 Å². The second kappa shape index (κ2) is 7.21. The van der Waals surface area contributed by atoms with Crippen molar-refractivity contribution in [2.24, 2.45) is 0 Å². The molecular weight excluding hydrogens is 282 g/mol. The van der Waals surface area contributed by atoms with E-state index in [0.29, 0.717) is 5.75 Å². The Morgan fingerprint density at radius 1 is 1.52 bits per heavy atom. The first-order valence-corrected chi connectivity index (χ1v) is 6.78. The number of benzene rings is 1. The number of ether oxygens (including phenoxy) is 1. The lowest BCUT2D eigenvalue weighted by molar-refractivity contribution is 0.155. The number of carbonyl (C=O) groups is 1. The minimum atomic E-state index is -1.10. The molecule has 116 valence electrons. The minimum absolute atomic E-state index is 0.0121. The Bertz CT molecular complexity index is 487. The Labute approximate surface area is 121 Å². The van der Waals surface area contributed by atoms with Crippen molar-refractivity contribution in [1.29, 1.82) is 0 Å². The standard InChI is InChI=1S/C14H18F2N2O3/c15-10-2-1-3-13(7-10)21-5-4-17-14(20)18-8-11(16)6-12(18)9-19/h1-3,7,11-12,19H,4-6,8-9H2,(H,17,20). The van der Waals surface area contributed by atoms with Gasteiger partial charge in [-0.2, -0.15) is 0 Å². The van der Waals surface area contributed by atoms with Gasteiger partial charge in [-0.25, -0.2) is 13.6 Å². The van der Waals surface area contributed by atoms with Gasteiger partial charge in [-0.3, -0.25) is 0 Å². The molecular formula is C14H18F2N2O3. The van der Waals surface area contributed by atoms with Crippen LogP contribution in [0.1, 0.15) is 6.42 Å². The molecule has 2 N–H and O–H groups in total. The molecule has 2 rings (SSSR count). The molecule has 7 heteroatoms. The summed E-state index contributed by atoms with van der Waals surface area (Å²) in [5, 5.41) is 11.7. The zero-order valence-electron chi connectivity index (χ0n) is 11.5. The van der Waals surface area contributed by atoms with Crippen molar-refractivity contribution < 1.29 is 23.4 Å². The number of hydrogen-bond acceptors (Lipinski definition) is 3. The maximum absolute atomic E-state index is 13.2. The predicted molar refractivity (Wildman–Crippen MR) is 72.4 cm³/mol. The molecule has 21 heavy (non-hydrogen) atoms. The van der Waals surface area contributed by atoms with Crippen molar-refractivity contribution in [1.82, 2.24) is 10.2 Å². The number of aliphatic hydroxyl groups excluding tert-OH is 1. The molecule has 0 bridgehead atoms. The molecule has 1 saturated heterocycles. The first kappa shape index (κ1) is 15.5. The molecule has 0 radical (unpaired) electrons. The van der Waals surface area contributed by atoms with Gasteiger partial charge in [0, 0.05) is 12.5 Å². The largest absolute Gasteiger partial charge is 0.492 e. The summed E-state index contributed by atoms with van der Waals surface area (Å²) in [5.41, 5.74) is 0. The molecule has 0 aliphatic carbocycles. The molecule has 1 aliphatic heterocycles. The molecule has 2 atom stereocenters. The molecule has 0 aromatic heterocycles. The van der Waals surface area contributed by atoms with Crippen LogP contribution in [0.25, 0.3) is 0 Å². The molecule has 1 aliphatic rings. The van der Waals surface area contributed by atoms with Gasteiger partial charge in [-0.05, 0) is 12.1 Å². The van der Waals surface area contributed by atoms with Gasteiger partial charge in [0.1, 0.15) is 24.3 Å². The summed E-state index contributed by atoms with van der Waals surface area (Å²) in [5.74, 6) is -0.0177. The van der Waals surface area contributed by atoms with Crippen LogP contribution in [0.3, 0.4) is 0 Å². The van der Waals surface area contributed by atoms with E-state index in [-0.39, 0.29) is 32.7 Å². The third-order valence-corrected chi connectivity index (χ3v) is 3.28. The van der Waals surface area contributed by atoms with E-state index in [2.05, 4.69) is 5.32 Å². The SMILES string of the molecule is O=C(NCCOc1cccc(F)c1)N1CC(F)CC1CO. The van der Waals surface area contributed by atoms with Gasteiger partial charge in [0.15, 0.2) is 0 Å². The van der Waals surface area contributed by atoms with E-state index in [4.69, 9.17) is 9.84 Å². The molecule has 0 spiro atoms. The maximum Gasteiger partial charge on any atom is 0.317 e. The van der Waals surface area contributed by atoms with Crippen molar-refractivity contribution in [3.63, 3.8) is 0 Å². The van der Waals surface area contributed by atoms with Crippen LogP contribution in [-0.2, 0) is 0 Å². The van der Waals surface area contributed by atoms with Crippen LogP contribution >= 0.6 is 0 Å². The highest BCUT2D eigenvalue weighted by atomic mass is 19.1. The smallest absolute Gasteiger partial charge is 0.317 e. The average Bonchev–Trinajstić information content (AvgIpc) is 2.85. The van der Waals surface area contributed by atoms with Crippen LogP contribution in [0.15, 0.2) is 24.3 Å². The van der Waals surface area contributed by atoms with Gasteiger partial charge < -0.3 is 20.1 Å². The van der Waals surface area contributed by atoms with Gasteiger partial charge in [0.25, 0.3) is 0 Å². The lowest BCUT2D eigenvalue weighted by Gasteiger charge is -2.22. The molecule has 0 saturated carbocycles. The van der Waals surface area contributed by atoms with Crippen LogP contribution in [0.4, 0.5) is 13.6 Å². The van der Waals surface area contributed by atoms with E-state index >= 15 is 0 Å². The summed E-state index contributed by atoms with van der Waals surface area (Å²) in [6.07, 6.45) is -0.944. The maximum atomic E-state index is 13.2. The fourth-order valence-corrected chi connectivity index (χ4v) is 2.27. The number of hydrogen-bond donors (Lipinski definition) is 2. The normalized spacial score (nSPS) is 21.4. The van der Waals surface area contributed by atoms with Crippen molar-refractivity contribution >= 4 is 6.03 Å². The lowest BCUT2D eigenvalue weighted by atomic mass is 10.2. The van der Waals surface area contributed by atoms with E-state index in [9.17, 15) is 13.6 Å². The number of likely N-dealkylation sites (tertiary alicyclic amines) is 1. The van der Waals surface area contributed by atoms with E-state index in [1.165, 1.54) is 23.1 Å². The average molecular weight is 300 g/mol. The summed E-state index contributed by atoms with van der Waals surface area (Å²) in [6.45, 7) is 0.113. The summed E-state index contributed by atoms with van der Waals surface area (Å²) in [4.78, 5) is 13.1. The molecule has 1 aromatic carbocycles. The van der Waals surface area contributed by atoms with Crippen LogP contribution in [0.2, 0.25) is 0 Å². The molecule has 2 unspecified atom stereocenters. The Morgan fingerprint density at radius 2 is 2.33 bits per heavy atom. The number of urea groups is 1. The molecule has 1 fully saturated rings. The third kappa shape index (κ3) is 4.29. The molecule has 1 aromatic rings. The first-order chi connectivity index (χ1) is 10.1. The van der Waals surface area contributed by atoms with Crippen LogP contribution in [-0.4, -0.2) is 54.6 Å². The molecule has 2 amide bonds. The number of halogens is 2. The van der Waals surface area contributed by atoms with Crippen molar-refractivity contribution in [2.45, 2.75) is 18.6 Å². The van der Waals surface area contributed by atoms with Crippen LogP contribution in [0, 0.1) is 5.82 Å². The Balaban J connectivity index is 1.72. The second-order valence-electron chi connectivity index (χ2n) is 4.86. The molecule has 5 nitrogen and oxygen atoms in total. The number of carbonyl (C=O) groups excluding carboxylic acids is 1. The highest BCUT2D eigenvalue weighted by molar-refractivity contribution is 5.75. The van der Waals surface area contributed by atoms with Crippen LogP contribution < -0.4 is 10.1 Å². The second-order valence-corrected chi connectivity index (χ2v) is 4.86. The van der Waals surface area contributed by atoms with Gasteiger partial charge in [0.2, 0.25) is 0 Å². The number of aliphatic hydroxyl groups is 1. The first-order valence-electron chi connectivity index (χ1n) is 6.78. The highest BCUT2D eigenvalue weighted by Gasteiger charge is 2.34. The van der Waals surface area contributed by atoms with Gasteiger partial charge in [-0.15, -0.1) is 0 Å². The van der Waals surface area contributed by atoms with Gasteiger partial charge in [-0.1, -0.05) is 6.07 Å². The Kier molecular flexibility index (Phi) is 5.32.